The third kappa shape index (κ3) is 4.67. The van der Waals surface area contributed by atoms with E-state index >= 15 is 0 Å². The van der Waals surface area contributed by atoms with Crippen LogP contribution in [0.4, 0.5) is 0 Å². The predicted octanol–water partition coefficient (Wildman–Crippen LogP) is 4.19. The maximum absolute atomic E-state index is 10.9. The summed E-state index contributed by atoms with van der Waals surface area (Å²) in [5.41, 5.74) is 1.19. The fraction of sp³-hybridized carbons (Fsp3) is 0.235. The van der Waals surface area contributed by atoms with Crippen LogP contribution in [0.5, 0.6) is 11.5 Å². The van der Waals surface area contributed by atoms with Crippen molar-refractivity contribution in [2.45, 2.75) is 13.3 Å². The number of carboxylic acid groups (broad SMARTS) is 1. The predicted molar refractivity (Wildman–Crippen MR) is 85.2 cm³/mol. The Bertz CT molecular complexity index is 655. The van der Waals surface area contributed by atoms with E-state index in [2.05, 4.69) is 0 Å². The van der Waals surface area contributed by atoms with E-state index in [1.165, 1.54) is 12.1 Å². The van der Waals surface area contributed by atoms with E-state index < -0.39 is 5.97 Å². The van der Waals surface area contributed by atoms with Crippen molar-refractivity contribution >= 4 is 17.6 Å². The highest BCUT2D eigenvalue weighted by molar-refractivity contribution is 6.31. The maximum Gasteiger partial charge on any atom is 0.335 e. The molecule has 0 aromatic heterocycles. The van der Waals surface area contributed by atoms with Crippen molar-refractivity contribution in [3.05, 3.63) is 58.6 Å². The summed E-state index contributed by atoms with van der Waals surface area (Å²) in [6.45, 7) is 2.89. The van der Waals surface area contributed by atoms with Crippen LogP contribution in [0.2, 0.25) is 5.02 Å². The summed E-state index contributed by atoms with van der Waals surface area (Å²) in [7, 11) is 0. The highest BCUT2D eigenvalue weighted by Gasteiger charge is 2.04. The Morgan fingerprint density at radius 1 is 1.09 bits per heavy atom. The first-order valence-corrected chi connectivity index (χ1v) is 7.29. The van der Waals surface area contributed by atoms with Crippen LogP contribution >= 0.6 is 11.6 Å². The summed E-state index contributed by atoms with van der Waals surface area (Å²) in [6.07, 6.45) is 0.693. The number of aryl methyl sites for hydroxylation is 1. The zero-order chi connectivity index (χ0) is 15.9. The van der Waals surface area contributed by atoms with Gasteiger partial charge in [0.15, 0.2) is 0 Å². The molecule has 0 radical (unpaired) electrons. The zero-order valence-electron chi connectivity index (χ0n) is 12.2. The Labute approximate surface area is 134 Å². The van der Waals surface area contributed by atoms with Gasteiger partial charge in [0, 0.05) is 11.4 Å². The van der Waals surface area contributed by atoms with Crippen LogP contribution in [-0.2, 0) is 0 Å². The number of carbonyl (C=O) groups is 1. The molecular formula is C17H17ClO4. The van der Waals surface area contributed by atoms with E-state index in [0.717, 1.165) is 11.3 Å². The molecule has 4 nitrogen and oxygen atoms in total. The van der Waals surface area contributed by atoms with Crippen molar-refractivity contribution in [2.75, 3.05) is 13.2 Å². The molecule has 0 aliphatic rings. The maximum atomic E-state index is 10.9. The third-order valence-corrected chi connectivity index (χ3v) is 3.46. The Morgan fingerprint density at radius 3 is 2.41 bits per heavy atom. The quantitative estimate of drug-likeness (QED) is 0.777. The van der Waals surface area contributed by atoms with E-state index in [1.807, 2.05) is 19.1 Å². The average Bonchev–Trinajstić information content (AvgIpc) is 2.50. The molecule has 0 spiro atoms. The first kappa shape index (κ1) is 16.2. The SMILES string of the molecule is Cc1cc(OCCCOc2cccc(C(=O)O)c2)ccc1Cl. The minimum Gasteiger partial charge on any atom is -0.493 e. The average molecular weight is 321 g/mol. The minimum atomic E-state index is -0.966. The first-order valence-electron chi connectivity index (χ1n) is 6.91. The summed E-state index contributed by atoms with van der Waals surface area (Å²) in [5, 5.41) is 9.62. The van der Waals surface area contributed by atoms with Gasteiger partial charge in [0.25, 0.3) is 0 Å². The van der Waals surface area contributed by atoms with E-state index in [9.17, 15) is 4.79 Å². The number of ether oxygens (including phenoxy) is 2. The van der Waals surface area contributed by atoms with Gasteiger partial charge in [-0.2, -0.15) is 0 Å². The molecule has 1 N–H and O–H groups in total. The standard InChI is InChI=1S/C17H17ClO4/c1-12-10-15(6-7-16(12)18)22-9-3-8-21-14-5-2-4-13(11-14)17(19)20/h2,4-7,10-11H,3,8-9H2,1H3,(H,19,20). The molecule has 5 heteroatoms. The van der Waals surface area contributed by atoms with Crippen LogP contribution in [0.1, 0.15) is 22.3 Å². The van der Waals surface area contributed by atoms with Crippen molar-refractivity contribution in [3.8, 4) is 11.5 Å². The lowest BCUT2D eigenvalue weighted by Crippen LogP contribution is -2.05. The molecule has 2 aromatic carbocycles. The van der Waals surface area contributed by atoms with Gasteiger partial charge in [0.1, 0.15) is 11.5 Å². The Balaban J connectivity index is 1.74. The lowest BCUT2D eigenvalue weighted by molar-refractivity contribution is 0.0696. The Morgan fingerprint density at radius 2 is 1.77 bits per heavy atom. The monoisotopic (exact) mass is 320 g/mol. The summed E-state index contributed by atoms with van der Waals surface area (Å²) in [6, 6.07) is 11.9. The van der Waals surface area contributed by atoms with E-state index in [-0.39, 0.29) is 5.56 Å². The molecule has 116 valence electrons. The molecule has 0 heterocycles. The van der Waals surface area contributed by atoms with Gasteiger partial charge in [-0.15, -0.1) is 0 Å². The first-order chi connectivity index (χ1) is 10.6. The summed E-state index contributed by atoms with van der Waals surface area (Å²) >= 11 is 5.95. The fourth-order valence-corrected chi connectivity index (χ4v) is 1.98. The molecule has 0 bridgehead atoms. The molecule has 0 saturated heterocycles. The van der Waals surface area contributed by atoms with Crippen molar-refractivity contribution in [1.82, 2.24) is 0 Å². The second kappa shape index (κ2) is 7.71. The van der Waals surface area contributed by atoms with Crippen LogP contribution in [0.3, 0.4) is 0 Å². The van der Waals surface area contributed by atoms with E-state index in [4.69, 9.17) is 26.2 Å². The number of halogens is 1. The molecule has 0 aliphatic heterocycles. The van der Waals surface area contributed by atoms with Crippen LogP contribution in [0, 0.1) is 6.92 Å². The topological polar surface area (TPSA) is 55.8 Å². The second-order valence-electron chi connectivity index (χ2n) is 4.79. The highest BCUT2D eigenvalue weighted by Crippen LogP contribution is 2.21. The third-order valence-electron chi connectivity index (χ3n) is 3.04. The molecule has 2 rings (SSSR count). The Hall–Kier alpha value is -2.20. The van der Waals surface area contributed by atoms with Crippen LogP contribution in [0.15, 0.2) is 42.5 Å². The summed E-state index contributed by atoms with van der Waals surface area (Å²) < 4.78 is 11.1. The van der Waals surface area contributed by atoms with Gasteiger partial charge in [-0.3, -0.25) is 0 Å². The minimum absolute atomic E-state index is 0.213. The van der Waals surface area contributed by atoms with Crippen molar-refractivity contribution in [3.63, 3.8) is 0 Å². The summed E-state index contributed by atoms with van der Waals surface area (Å²) in [4.78, 5) is 10.9. The van der Waals surface area contributed by atoms with Gasteiger partial charge >= 0.3 is 5.97 Å². The summed E-state index contributed by atoms with van der Waals surface area (Å²) in [5.74, 6) is 0.351. The zero-order valence-corrected chi connectivity index (χ0v) is 13.0. The van der Waals surface area contributed by atoms with Gasteiger partial charge in [-0.05, 0) is 48.9 Å². The molecule has 0 saturated carbocycles. The molecule has 0 fully saturated rings. The molecule has 0 atom stereocenters. The molecular weight excluding hydrogens is 304 g/mol. The van der Waals surface area contributed by atoms with Crippen molar-refractivity contribution in [1.29, 1.82) is 0 Å². The van der Waals surface area contributed by atoms with Gasteiger partial charge in [-0.1, -0.05) is 17.7 Å². The Kier molecular flexibility index (Phi) is 5.67. The normalized spacial score (nSPS) is 10.3. The van der Waals surface area contributed by atoms with Gasteiger partial charge in [0.2, 0.25) is 0 Å². The van der Waals surface area contributed by atoms with Crippen LogP contribution in [-0.4, -0.2) is 24.3 Å². The van der Waals surface area contributed by atoms with Gasteiger partial charge in [-0.25, -0.2) is 4.79 Å². The number of hydrogen-bond donors (Lipinski definition) is 1. The van der Waals surface area contributed by atoms with Crippen molar-refractivity contribution < 1.29 is 19.4 Å². The molecule has 0 aliphatic carbocycles. The van der Waals surface area contributed by atoms with E-state index in [0.29, 0.717) is 30.4 Å². The van der Waals surface area contributed by atoms with Crippen LogP contribution < -0.4 is 9.47 Å². The smallest absolute Gasteiger partial charge is 0.335 e. The van der Waals surface area contributed by atoms with Crippen LogP contribution in [0.25, 0.3) is 0 Å². The second-order valence-corrected chi connectivity index (χ2v) is 5.20. The number of rotatable bonds is 7. The van der Waals surface area contributed by atoms with Gasteiger partial charge < -0.3 is 14.6 Å². The lowest BCUT2D eigenvalue weighted by atomic mass is 10.2. The molecule has 0 amide bonds. The fourth-order valence-electron chi connectivity index (χ4n) is 1.86. The lowest BCUT2D eigenvalue weighted by Gasteiger charge is -2.09. The number of aromatic carboxylic acids is 1. The largest absolute Gasteiger partial charge is 0.493 e. The highest BCUT2D eigenvalue weighted by atomic mass is 35.5. The van der Waals surface area contributed by atoms with Gasteiger partial charge in [0.05, 0.1) is 18.8 Å². The van der Waals surface area contributed by atoms with Crippen molar-refractivity contribution in [2.24, 2.45) is 0 Å². The number of hydrogen-bond acceptors (Lipinski definition) is 3. The number of benzene rings is 2. The molecule has 22 heavy (non-hydrogen) atoms. The molecule has 2 aromatic rings. The molecule has 0 unspecified atom stereocenters. The number of carboxylic acids is 1. The van der Waals surface area contributed by atoms with E-state index in [1.54, 1.807) is 18.2 Å².